The summed E-state index contributed by atoms with van der Waals surface area (Å²) in [6, 6.07) is 13.9. The topological polar surface area (TPSA) is 79.4 Å². The molecule has 2 aromatic carbocycles. The largest absolute Gasteiger partial charge is 0.454 e. The number of ether oxygens (including phenoxy) is 2. The summed E-state index contributed by atoms with van der Waals surface area (Å²) in [6.45, 7) is 2.27. The first-order valence-corrected chi connectivity index (χ1v) is 9.06. The van der Waals surface area contributed by atoms with Gasteiger partial charge in [0.25, 0.3) is 0 Å². The van der Waals surface area contributed by atoms with Gasteiger partial charge in [-0.3, -0.25) is 9.36 Å². The lowest BCUT2D eigenvalue weighted by Crippen LogP contribution is -2.13. The van der Waals surface area contributed by atoms with Crippen LogP contribution < -0.4 is 15.2 Å². The molecule has 0 fully saturated rings. The molecule has 0 saturated heterocycles. The van der Waals surface area contributed by atoms with E-state index < -0.39 is 0 Å². The molecule has 1 aromatic heterocycles. The molecule has 6 nitrogen and oxygen atoms in total. The fraction of sp³-hybridized carbons (Fsp3) is 0.158. The number of primary amides is 1. The maximum absolute atomic E-state index is 11.2. The summed E-state index contributed by atoms with van der Waals surface area (Å²) in [5, 5.41) is 0.709. The predicted molar refractivity (Wildman–Crippen MR) is 99.8 cm³/mol. The van der Waals surface area contributed by atoms with E-state index >= 15 is 0 Å². The van der Waals surface area contributed by atoms with Gasteiger partial charge in [0.2, 0.25) is 12.7 Å². The van der Waals surface area contributed by atoms with E-state index in [1.54, 1.807) is 0 Å². The van der Waals surface area contributed by atoms with E-state index in [4.69, 9.17) is 20.2 Å². The molecule has 1 amide bonds. The summed E-state index contributed by atoms with van der Waals surface area (Å²) in [5.74, 6) is 1.23. The van der Waals surface area contributed by atoms with Crippen LogP contribution in [0, 0.1) is 6.92 Å². The fourth-order valence-electron chi connectivity index (χ4n) is 2.69. The predicted octanol–water partition coefficient (Wildman–Crippen LogP) is 3.15. The number of imidazole rings is 1. The number of fused-ring (bicyclic) bond motifs is 1. The van der Waals surface area contributed by atoms with Crippen LogP contribution >= 0.6 is 11.8 Å². The monoisotopic (exact) mass is 367 g/mol. The van der Waals surface area contributed by atoms with Crippen LogP contribution in [0.5, 0.6) is 11.5 Å². The summed E-state index contributed by atoms with van der Waals surface area (Å²) in [4.78, 5) is 15.9. The first kappa shape index (κ1) is 16.5. The molecule has 0 atom stereocenters. The van der Waals surface area contributed by atoms with Crippen LogP contribution in [0.3, 0.4) is 0 Å². The van der Waals surface area contributed by atoms with Gasteiger partial charge in [-0.15, -0.1) is 0 Å². The van der Waals surface area contributed by atoms with Crippen molar-refractivity contribution in [3.8, 4) is 28.4 Å². The molecule has 1 aliphatic heterocycles. The summed E-state index contributed by atoms with van der Waals surface area (Å²) in [6.07, 6.45) is 1.95. The number of rotatable bonds is 5. The highest BCUT2D eigenvalue weighted by molar-refractivity contribution is 7.99. The number of aromatic nitrogens is 2. The van der Waals surface area contributed by atoms with Crippen LogP contribution in [-0.2, 0) is 4.79 Å². The number of nitrogens with two attached hydrogens (primary N) is 1. The van der Waals surface area contributed by atoms with Crippen LogP contribution in [0.2, 0.25) is 0 Å². The maximum atomic E-state index is 11.2. The van der Waals surface area contributed by atoms with Gasteiger partial charge in [-0.1, -0.05) is 29.5 Å². The number of hydrogen-bond acceptors (Lipinski definition) is 5. The third-order valence-corrected chi connectivity index (χ3v) is 4.97. The molecular weight excluding hydrogens is 350 g/mol. The lowest BCUT2D eigenvalue weighted by Gasteiger charge is -2.06. The Bertz CT molecular complexity index is 967. The van der Waals surface area contributed by atoms with Gasteiger partial charge in [0.05, 0.1) is 11.4 Å². The highest BCUT2D eigenvalue weighted by Crippen LogP contribution is 2.36. The number of carbonyl (C=O) groups excluding carboxylic acids is 1. The van der Waals surface area contributed by atoms with Crippen molar-refractivity contribution in [2.24, 2.45) is 5.73 Å². The van der Waals surface area contributed by atoms with Crippen LogP contribution in [0.1, 0.15) is 5.56 Å². The minimum atomic E-state index is -0.377. The average molecular weight is 367 g/mol. The van der Waals surface area contributed by atoms with E-state index in [0.29, 0.717) is 10.9 Å². The Labute approximate surface area is 154 Å². The van der Waals surface area contributed by atoms with Crippen LogP contribution in [0.15, 0.2) is 53.8 Å². The summed E-state index contributed by atoms with van der Waals surface area (Å²) in [5.41, 5.74) is 9.16. The van der Waals surface area contributed by atoms with Crippen molar-refractivity contribution in [2.75, 3.05) is 12.5 Å². The Hall–Kier alpha value is -2.93. The standard InChI is InChI=1S/C19H17N3O3S/c1-12-2-5-14(6-3-12)22-9-15(21-19(22)26-10-18(20)23)13-4-7-16-17(8-13)25-11-24-16/h2-9H,10-11H2,1H3,(H2,20,23). The van der Waals surface area contributed by atoms with Gasteiger partial charge in [0.15, 0.2) is 16.7 Å². The van der Waals surface area contributed by atoms with E-state index in [-0.39, 0.29) is 18.5 Å². The van der Waals surface area contributed by atoms with Gasteiger partial charge in [0, 0.05) is 17.4 Å². The molecule has 0 saturated carbocycles. The number of nitrogens with zero attached hydrogens (tertiary/aromatic N) is 2. The minimum Gasteiger partial charge on any atom is -0.454 e. The quantitative estimate of drug-likeness (QED) is 0.701. The van der Waals surface area contributed by atoms with Gasteiger partial charge in [-0.05, 0) is 37.3 Å². The second-order valence-electron chi connectivity index (χ2n) is 5.94. The molecule has 0 aliphatic carbocycles. The van der Waals surface area contributed by atoms with E-state index in [1.165, 1.54) is 17.3 Å². The van der Waals surface area contributed by atoms with Crippen LogP contribution in [-0.4, -0.2) is 28.0 Å². The number of thioether (sulfide) groups is 1. The molecule has 26 heavy (non-hydrogen) atoms. The van der Waals surface area contributed by atoms with Crippen molar-refractivity contribution in [3.63, 3.8) is 0 Å². The summed E-state index contributed by atoms with van der Waals surface area (Å²) >= 11 is 1.32. The molecule has 0 bridgehead atoms. The van der Waals surface area contributed by atoms with Gasteiger partial charge in [-0.2, -0.15) is 0 Å². The number of hydrogen-bond donors (Lipinski definition) is 1. The Kier molecular flexibility index (Phi) is 4.30. The summed E-state index contributed by atoms with van der Waals surface area (Å²) in [7, 11) is 0. The smallest absolute Gasteiger partial charge is 0.231 e. The second-order valence-corrected chi connectivity index (χ2v) is 6.88. The van der Waals surface area contributed by atoms with Crippen molar-refractivity contribution in [3.05, 3.63) is 54.2 Å². The van der Waals surface area contributed by atoms with Crippen molar-refractivity contribution >= 4 is 17.7 Å². The molecule has 2 heterocycles. The van der Waals surface area contributed by atoms with Crippen LogP contribution in [0.25, 0.3) is 16.9 Å². The number of aryl methyl sites for hydroxylation is 1. The van der Waals surface area contributed by atoms with E-state index in [9.17, 15) is 4.79 Å². The first-order chi connectivity index (χ1) is 12.6. The molecule has 0 radical (unpaired) electrons. The van der Waals surface area contributed by atoms with Crippen molar-refractivity contribution < 1.29 is 14.3 Å². The zero-order valence-corrected chi connectivity index (χ0v) is 15.0. The second kappa shape index (κ2) is 6.76. The van der Waals surface area contributed by atoms with Crippen molar-refractivity contribution in [1.82, 2.24) is 9.55 Å². The van der Waals surface area contributed by atoms with Crippen LogP contribution in [0.4, 0.5) is 0 Å². The van der Waals surface area contributed by atoms with Gasteiger partial charge < -0.3 is 15.2 Å². The Balaban J connectivity index is 1.75. The highest BCUT2D eigenvalue weighted by Gasteiger charge is 2.17. The van der Waals surface area contributed by atoms with Crippen molar-refractivity contribution in [1.29, 1.82) is 0 Å². The first-order valence-electron chi connectivity index (χ1n) is 8.08. The number of benzene rings is 2. The molecule has 0 spiro atoms. The lowest BCUT2D eigenvalue weighted by molar-refractivity contribution is -0.115. The van der Waals surface area contributed by atoms with Gasteiger partial charge >= 0.3 is 0 Å². The zero-order valence-electron chi connectivity index (χ0n) is 14.1. The highest BCUT2D eigenvalue weighted by atomic mass is 32.2. The molecule has 132 valence electrons. The average Bonchev–Trinajstić information content (AvgIpc) is 3.26. The van der Waals surface area contributed by atoms with E-state index in [1.807, 2.05) is 60.2 Å². The minimum absolute atomic E-state index is 0.170. The molecule has 2 N–H and O–H groups in total. The maximum Gasteiger partial charge on any atom is 0.231 e. The molecule has 0 unspecified atom stereocenters. The molecule has 3 aromatic rings. The number of amides is 1. The van der Waals surface area contributed by atoms with Crippen molar-refractivity contribution in [2.45, 2.75) is 12.1 Å². The van der Waals surface area contributed by atoms with E-state index in [2.05, 4.69) is 0 Å². The number of carbonyl (C=O) groups is 1. The third kappa shape index (κ3) is 3.25. The Morgan fingerprint density at radius 1 is 1.19 bits per heavy atom. The van der Waals surface area contributed by atoms with E-state index in [0.717, 1.165) is 22.7 Å². The Morgan fingerprint density at radius 3 is 2.73 bits per heavy atom. The third-order valence-electron chi connectivity index (χ3n) is 4.00. The van der Waals surface area contributed by atoms with Gasteiger partial charge in [0.1, 0.15) is 0 Å². The SMILES string of the molecule is Cc1ccc(-n2cc(-c3ccc4c(c3)OCO4)nc2SCC(N)=O)cc1. The molecule has 4 rings (SSSR count). The molecule has 1 aliphatic rings. The normalized spacial score (nSPS) is 12.3. The fourth-order valence-corrected chi connectivity index (χ4v) is 3.42. The molecule has 7 heteroatoms. The Morgan fingerprint density at radius 2 is 1.96 bits per heavy atom. The zero-order chi connectivity index (χ0) is 18.1. The van der Waals surface area contributed by atoms with Gasteiger partial charge in [-0.25, -0.2) is 4.98 Å². The molecular formula is C19H17N3O3S. The summed E-state index contributed by atoms with van der Waals surface area (Å²) < 4.78 is 12.8. The lowest BCUT2D eigenvalue weighted by atomic mass is 10.1.